The molecule has 1 atom stereocenters. The quantitative estimate of drug-likeness (QED) is 0.369. The maximum Gasteiger partial charge on any atom is 0.251 e. The number of fused-ring (bicyclic) bond motifs is 1. The number of carbonyl (C=O) groups excluding carboxylic acids is 2. The van der Waals surface area contributed by atoms with E-state index in [2.05, 4.69) is 25.8 Å². The summed E-state index contributed by atoms with van der Waals surface area (Å²) in [5, 5.41) is 15.3. The van der Waals surface area contributed by atoms with Gasteiger partial charge in [0, 0.05) is 12.6 Å². The van der Waals surface area contributed by atoms with Gasteiger partial charge in [-0.05, 0) is 43.3 Å². The van der Waals surface area contributed by atoms with Gasteiger partial charge in [0.25, 0.3) is 5.91 Å². The Bertz CT molecular complexity index is 1250. The van der Waals surface area contributed by atoms with E-state index in [4.69, 9.17) is 4.74 Å². The molecule has 2 N–H and O–H groups in total. The highest BCUT2D eigenvalue weighted by molar-refractivity contribution is 7.99. The van der Waals surface area contributed by atoms with E-state index in [9.17, 15) is 9.59 Å². The molecule has 4 rings (SSSR count). The molecule has 9 nitrogen and oxygen atoms in total. The molecule has 0 saturated carbocycles. The van der Waals surface area contributed by atoms with Crippen LogP contribution < -0.4 is 15.4 Å². The number of amides is 2. The minimum atomic E-state index is -0.372. The van der Waals surface area contributed by atoms with E-state index in [1.165, 1.54) is 23.1 Å². The summed E-state index contributed by atoms with van der Waals surface area (Å²) >= 11 is 2.70. The number of thioether (sulfide) groups is 1. The van der Waals surface area contributed by atoms with Crippen LogP contribution in [0, 0.1) is 0 Å². The highest BCUT2D eigenvalue weighted by atomic mass is 32.2. The second-order valence-electron chi connectivity index (χ2n) is 7.15. The predicted molar refractivity (Wildman–Crippen MR) is 129 cm³/mol. The average molecular weight is 483 g/mol. The lowest BCUT2D eigenvalue weighted by atomic mass is 10.2. The van der Waals surface area contributed by atoms with Crippen molar-refractivity contribution >= 4 is 50.3 Å². The summed E-state index contributed by atoms with van der Waals surface area (Å²) in [5.74, 6) is 1.03. The molecular weight excluding hydrogens is 460 g/mol. The molecule has 0 spiro atoms. The van der Waals surface area contributed by atoms with Crippen molar-refractivity contribution in [3.8, 4) is 5.75 Å². The van der Waals surface area contributed by atoms with E-state index in [-0.39, 0.29) is 23.6 Å². The van der Waals surface area contributed by atoms with Crippen LogP contribution >= 0.6 is 23.1 Å². The molecule has 2 amide bonds. The largest absolute Gasteiger partial charge is 0.497 e. The average Bonchev–Trinajstić information content (AvgIpc) is 3.40. The zero-order chi connectivity index (χ0) is 23.4. The SMILES string of the molecule is COc1ccc(C(=O)N[C@@H](C)c2nnc(SCC(=O)Nc3nc4ccccc4s3)n2C)cc1. The molecule has 4 aromatic rings. The van der Waals surface area contributed by atoms with Crippen LogP contribution in [0.5, 0.6) is 5.75 Å². The first-order valence-electron chi connectivity index (χ1n) is 10.1. The number of hydrogen-bond donors (Lipinski definition) is 2. The Morgan fingerprint density at radius 1 is 1.15 bits per heavy atom. The first-order valence-corrected chi connectivity index (χ1v) is 11.9. The molecule has 0 radical (unpaired) electrons. The second-order valence-corrected chi connectivity index (χ2v) is 9.12. The minimum absolute atomic E-state index is 0.161. The summed E-state index contributed by atoms with van der Waals surface area (Å²) in [6.07, 6.45) is 0. The number of methoxy groups -OCH3 is 1. The number of thiazole rings is 1. The van der Waals surface area contributed by atoms with Crippen LogP contribution in [0.2, 0.25) is 0 Å². The summed E-state index contributed by atoms with van der Waals surface area (Å²) in [7, 11) is 3.38. The molecule has 0 aliphatic rings. The van der Waals surface area contributed by atoms with Gasteiger partial charge in [-0.1, -0.05) is 35.2 Å². The van der Waals surface area contributed by atoms with Crippen molar-refractivity contribution < 1.29 is 14.3 Å². The number of nitrogens with zero attached hydrogens (tertiary/aromatic N) is 4. The Morgan fingerprint density at radius 3 is 2.64 bits per heavy atom. The number of ether oxygens (including phenoxy) is 1. The van der Waals surface area contributed by atoms with Crippen molar-refractivity contribution in [1.82, 2.24) is 25.1 Å². The van der Waals surface area contributed by atoms with E-state index in [1.807, 2.05) is 31.2 Å². The molecule has 0 fully saturated rings. The lowest BCUT2D eigenvalue weighted by molar-refractivity contribution is -0.113. The zero-order valence-corrected chi connectivity index (χ0v) is 19.9. The third kappa shape index (κ3) is 5.32. The molecule has 0 unspecified atom stereocenters. The van der Waals surface area contributed by atoms with Crippen LogP contribution in [0.4, 0.5) is 5.13 Å². The Labute approximate surface area is 198 Å². The molecule has 0 aliphatic heterocycles. The Morgan fingerprint density at radius 2 is 1.91 bits per heavy atom. The first kappa shape index (κ1) is 22.7. The third-order valence-electron chi connectivity index (χ3n) is 4.83. The van der Waals surface area contributed by atoms with Crippen LogP contribution in [0.15, 0.2) is 53.7 Å². The van der Waals surface area contributed by atoms with Gasteiger partial charge in [0.05, 0.1) is 29.1 Å². The van der Waals surface area contributed by atoms with Crippen LogP contribution in [0.3, 0.4) is 0 Å². The first-order chi connectivity index (χ1) is 15.9. The lowest BCUT2D eigenvalue weighted by Gasteiger charge is -2.14. The molecule has 2 aromatic carbocycles. The van der Waals surface area contributed by atoms with Gasteiger partial charge in [0.2, 0.25) is 5.91 Å². The fourth-order valence-corrected chi connectivity index (χ4v) is 4.73. The zero-order valence-electron chi connectivity index (χ0n) is 18.2. The smallest absolute Gasteiger partial charge is 0.251 e. The maximum atomic E-state index is 12.5. The van der Waals surface area contributed by atoms with Crippen molar-refractivity contribution in [1.29, 1.82) is 0 Å². The highest BCUT2D eigenvalue weighted by Crippen LogP contribution is 2.26. The summed E-state index contributed by atoms with van der Waals surface area (Å²) in [6.45, 7) is 1.83. The number of rotatable bonds is 8. The van der Waals surface area contributed by atoms with Crippen LogP contribution in [-0.2, 0) is 11.8 Å². The normalized spacial score (nSPS) is 11.8. The van der Waals surface area contributed by atoms with Crippen LogP contribution in [-0.4, -0.2) is 44.4 Å². The minimum Gasteiger partial charge on any atom is -0.497 e. The van der Waals surface area contributed by atoms with Gasteiger partial charge in [-0.2, -0.15) is 0 Å². The molecule has 2 aromatic heterocycles. The molecular formula is C22H22N6O3S2. The van der Waals surface area contributed by atoms with Gasteiger partial charge in [-0.15, -0.1) is 10.2 Å². The van der Waals surface area contributed by atoms with Gasteiger partial charge in [-0.25, -0.2) is 4.98 Å². The Kier molecular flexibility index (Phi) is 6.90. The van der Waals surface area contributed by atoms with Crippen LogP contribution in [0.1, 0.15) is 29.1 Å². The van der Waals surface area contributed by atoms with Gasteiger partial charge in [0.15, 0.2) is 16.1 Å². The van der Waals surface area contributed by atoms with Gasteiger partial charge < -0.3 is 19.9 Å². The number of para-hydroxylation sites is 1. The van der Waals surface area contributed by atoms with Gasteiger partial charge in [-0.3, -0.25) is 9.59 Å². The van der Waals surface area contributed by atoms with E-state index in [0.717, 1.165) is 10.2 Å². The van der Waals surface area contributed by atoms with E-state index < -0.39 is 0 Å². The molecule has 2 heterocycles. The molecule has 0 saturated heterocycles. The standard InChI is InChI=1S/C22H22N6O3S2/c1-13(23-20(30)14-8-10-15(31-3)11-9-14)19-26-27-22(28(19)2)32-12-18(29)25-21-24-16-6-4-5-7-17(16)33-21/h4-11,13H,12H2,1-3H3,(H,23,30)(H,24,25,29)/t13-/m0/s1. The van der Waals surface area contributed by atoms with Crippen molar-refractivity contribution in [2.45, 2.75) is 18.1 Å². The highest BCUT2D eigenvalue weighted by Gasteiger charge is 2.19. The molecule has 170 valence electrons. The Hall–Kier alpha value is -3.44. The number of anilines is 1. The number of aromatic nitrogens is 4. The predicted octanol–water partition coefficient (Wildman–Crippen LogP) is 3.66. The van der Waals surface area contributed by atoms with Crippen LogP contribution in [0.25, 0.3) is 10.2 Å². The summed E-state index contributed by atoms with van der Waals surface area (Å²) in [5.41, 5.74) is 1.38. The molecule has 33 heavy (non-hydrogen) atoms. The monoisotopic (exact) mass is 482 g/mol. The summed E-state index contributed by atoms with van der Waals surface area (Å²) in [6, 6.07) is 14.2. The molecule has 0 bridgehead atoms. The summed E-state index contributed by atoms with van der Waals surface area (Å²) < 4.78 is 7.91. The van der Waals surface area contributed by atoms with Crippen molar-refractivity contribution in [2.24, 2.45) is 7.05 Å². The second kappa shape index (κ2) is 10.0. The summed E-state index contributed by atoms with van der Waals surface area (Å²) in [4.78, 5) is 29.3. The van der Waals surface area contributed by atoms with Crippen molar-refractivity contribution in [3.05, 3.63) is 59.9 Å². The lowest BCUT2D eigenvalue weighted by Crippen LogP contribution is -2.28. The topological polar surface area (TPSA) is 111 Å². The van der Waals surface area contributed by atoms with Crippen molar-refractivity contribution in [2.75, 3.05) is 18.2 Å². The van der Waals surface area contributed by atoms with E-state index in [1.54, 1.807) is 43.0 Å². The fraction of sp³-hybridized carbons (Fsp3) is 0.227. The number of carbonyl (C=O) groups is 2. The van der Waals surface area contributed by atoms with E-state index in [0.29, 0.717) is 27.4 Å². The number of benzene rings is 2. The fourth-order valence-electron chi connectivity index (χ4n) is 3.13. The molecule has 11 heteroatoms. The van der Waals surface area contributed by atoms with E-state index >= 15 is 0 Å². The third-order valence-corrected chi connectivity index (χ3v) is 6.80. The van der Waals surface area contributed by atoms with Gasteiger partial charge >= 0.3 is 0 Å². The number of hydrogen-bond acceptors (Lipinski definition) is 8. The Balaban J connectivity index is 1.33. The maximum absolute atomic E-state index is 12.5. The molecule has 0 aliphatic carbocycles. The van der Waals surface area contributed by atoms with Gasteiger partial charge in [0.1, 0.15) is 5.75 Å². The number of nitrogens with one attached hydrogen (secondary N) is 2. The van der Waals surface area contributed by atoms with Crippen molar-refractivity contribution in [3.63, 3.8) is 0 Å².